The van der Waals surface area contributed by atoms with Crippen molar-refractivity contribution in [3.63, 3.8) is 0 Å². The maximum atomic E-state index is 13.5. The first-order valence-electron chi connectivity index (χ1n) is 9.16. The minimum absolute atomic E-state index is 0.167. The van der Waals surface area contributed by atoms with Crippen LogP contribution in [0.15, 0.2) is 24.3 Å². The molecule has 0 aliphatic heterocycles. The van der Waals surface area contributed by atoms with Gasteiger partial charge in [0, 0.05) is 24.1 Å². The molecule has 0 unspecified atom stereocenters. The van der Waals surface area contributed by atoms with Crippen LogP contribution >= 0.6 is 0 Å². The van der Waals surface area contributed by atoms with E-state index in [2.05, 4.69) is 33.9 Å². The van der Waals surface area contributed by atoms with Crippen molar-refractivity contribution in [2.45, 2.75) is 58.8 Å². The smallest absolute Gasteiger partial charge is 0.354 e. The summed E-state index contributed by atoms with van der Waals surface area (Å²) in [5.74, 6) is -0.694. The first kappa shape index (κ1) is 20.6. The first-order chi connectivity index (χ1) is 12.1. The van der Waals surface area contributed by atoms with Gasteiger partial charge in [-0.05, 0) is 55.7 Å². The fourth-order valence-corrected chi connectivity index (χ4v) is 3.71. The van der Waals surface area contributed by atoms with Crippen molar-refractivity contribution in [3.8, 4) is 0 Å². The Bertz CT molecular complexity index is 777. The van der Waals surface area contributed by atoms with Gasteiger partial charge in [0.2, 0.25) is 0 Å². The van der Waals surface area contributed by atoms with E-state index in [4.69, 9.17) is 9.16 Å². The van der Waals surface area contributed by atoms with Crippen LogP contribution in [0.25, 0.3) is 10.9 Å². The molecule has 144 valence electrons. The van der Waals surface area contributed by atoms with Crippen molar-refractivity contribution in [3.05, 3.63) is 35.8 Å². The lowest BCUT2D eigenvalue weighted by atomic mass is 10.2. The summed E-state index contributed by atoms with van der Waals surface area (Å²) in [7, 11) is -1.79. The number of carbonyl (C=O) groups excluding carboxylic acids is 1. The van der Waals surface area contributed by atoms with Crippen LogP contribution in [0.5, 0.6) is 0 Å². The van der Waals surface area contributed by atoms with E-state index in [1.165, 1.54) is 12.1 Å². The van der Waals surface area contributed by atoms with Gasteiger partial charge in [-0.15, -0.1) is 0 Å². The Morgan fingerprint density at radius 3 is 2.54 bits per heavy atom. The average molecular weight is 380 g/mol. The Morgan fingerprint density at radius 1 is 1.23 bits per heavy atom. The van der Waals surface area contributed by atoms with Gasteiger partial charge in [0.15, 0.2) is 8.32 Å². The Balaban J connectivity index is 2.17. The highest BCUT2D eigenvalue weighted by Gasteiger charge is 2.36. The van der Waals surface area contributed by atoms with Crippen LogP contribution in [0.3, 0.4) is 0 Å². The molecule has 0 fully saturated rings. The standard InChI is InChI=1S/C20H30FNO3Si/c1-7-24-19(23)18-14-15-13-16(21)9-10-17(15)22(18)11-8-12-25-26(5,6)20(2,3)4/h9-10,13-14H,7-8,11-12H2,1-6H3. The van der Waals surface area contributed by atoms with E-state index in [-0.39, 0.29) is 16.8 Å². The largest absolute Gasteiger partial charge is 0.461 e. The Hall–Kier alpha value is -1.66. The van der Waals surface area contributed by atoms with Gasteiger partial charge in [-0.3, -0.25) is 0 Å². The van der Waals surface area contributed by atoms with E-state index in [1.54, 1.807) is 19.1 Å². The van der Waals surface area contributed by atoms with Crippen LogP contribution in [0.2, 0.25) is 18.1 Å². The Labute approximate surface area is 156 Å². The summed E-state index contributed by atoms with van der Waals surface area (Å²) in [6, 6.07) is 6.27. The fourth-order valence-electron chi connectivity index (χ4n) is 2.62. The molecule has 4 nitrogen and oxygen atoms in total. The second-order valence-corrected chi connectivity index (χ2v) is 12.9. The van der Waals surface area contributed by atoms with Crippen LogP contribution < -0.4 is 0 Å². The van der Waals surface area contributed by atoms with Gasteiger partial charge >= 0.3 is 5.97 Å². The zero-order valence-corrected chi connectivity index (χ0v) is 17.7. The van der Waals surface area contributed by atoms with E-state index in [1.807, 2.05) is 4.57 Å². The third-order valence-corrected chi connectivity index (χ3v) is 9.68. The summed E-state index contributed by atoms with van der Waals surface area (Å²) in [6.07, 6.45) is 0.778. The summed E-state index contributed by atoms with van der Waals surface area (Å²) < 4.78 is 26.8. The highest BCUT2D eigenvalue weighted by molar-refractivity contribution is 6.74. The molecule has 0 saturated heterocycles. The second-order valence-electron chi connectivity index (χ2n) is 8.07. The summed E-state index contributed by atoms with van der Waals surface area (Å²) in [5, 5.41) is 0.874. The molecule has 2 rings (SSSR count). The van der Waals surface area contributed by atoms with E-state index in [9.17, 15) is 9.18 Å². The summed E-state index contributed by atoms with van der Waals surface area (Å²) in [6.45, 7) is 14.4. The average Bonchev–Trinajstić information content (AvgIpc) is 2.88. The fraction of sp³-hybridized carbons (Fsp3) is 0.550. The minimum atomic E-state index is -1.79. The summed E-state index contributed by atoms with van der Waals surface area (Å²) in [5.41, 5.74) is 1.29. The quantitative estimate of drug-likeness (QED) is 0.369. The number of ether oxygens (including phenoxy) is 1. The predicted molar refractivity (Wildman–Crippen MR) is 106 cm³/mol. The van der Waals surface area contributed by atoms with Crippen LogP contribution in [0.4, 0.5) is 4.39 Å². The molecule has 1 aromatic carbocycles. The lowest BCUT2D eigenvalue weighted by Gasteiger charge is -2.36. The molecule has 0 aliphatic carbocycles. The maximum absolute atomic E-state index is 13.5. The van der Waals surface area contributed by atoms with Crippen LogP contribution in [-0.2, 0) is 15.7 Å². The van der Waals surface area contributed by atoms with Crippen molar-refractivity contribution in [2.75, 3.05) is 13.2 Å². The molecule has 0 amide bonds. The third kappa shape index (κ3) is 4.54. The molecule has 2 aromatic rings. The van der Waals surface area contributed by atoms with E-state index in [0.29, 0.717) is 30.8 Å². The monoisotopic (exact) mass is 379 g/mol. The molecule has 0 aliphatic rings. The topological polar surface area (TPSA) is 40.5 Å². The number of aromatic nitrogens is 1. The zero-order chi connectivity index (χ0) is 19.5. The van der Waals surface area contributed by atoms with Crippen LogP contribution in [0.1, 0.15) is 44.6 Å². The summed E-state index contributed by atoms with van der Waals surface area (Å²) in [4.78, 5) is 12.3. The second kappa shape index (κ2) is 7.92. The van der Waals surface area contributed by atoms with Crippen LogP contribution in [0, 0.1) is 5.82 Å². The molecule has 26 heavy (non-hydrogen) atoms. The van der Waals surface area contributed by atoms with Gasteiger partial charge < -0.3 is 13.7 Å². The van der Waals surface area contributed by atoms with Gasteiger partial charge in [0.05, 0.1) is 6.61 Å². The normalized spacial score (nSPS) is 12.6. The number of nitrogens with zero attached hydrogens (tertiary/aromatic N) is 1. The molecule has 0 atom stereocenters. The lowest BCUT2D eigenvalue weighted by molar-refractivity contribution is 0.0514. The van der Waals surface area contributed by atoms with E-state index < -0.39 is 8.32 Å². The highest BCUT2D eigenvalue weighted by Crippen LogP contribution is 2.36. The van der Waals surface area contributed by atoms with Gasteiger partial charge in [-0.2, -0.15) is 0 Å². The van der Waals surface area contributed by atoms with Crippen molar-refractivity contribution < 1.29 is 18.3 Å². The number of halogens is 1. The lowest BCUT2D eigenvalue weighted by Crippen LogP contribution is -2.41. The first-order valence-corrected chi connectivity index (χ1v) is 12.1. The van der Waals surface area contributed by atoms with Crippen molar-refractivity contribution >= 4 is 25.2 Å². The Kier molecular flexibility index (Phi) is 6.29. The number of benzene rings is 1. The number of hydrogen-bond acceptors (Lipinski definition) is 3. The molecular weight excluding hydrogens is 349 g/mol. The number of hydrogen-bond donors (Lipinski definition) is 0. The molecule has 1 aromatic heterocycles. The number of rotatable bonds is 7. The predicted octanol–water partition coefficient (Wildman–Crippen LogP) is 5.37. The van der Waals surface area contributed by atoms with E-state index in [0.717, 1.165) is 11.9 Å². The van der Waals surface area contributed by atoms with Crippen LogP contribution in [-0.4, -0.2) is 32.1 Å². The minimum Gasteiger partial charge on any atom is -0.461 e. The van der Waals surface area contributed by atoms with Crippen molar-refractivity contribution in [1.29, 1.82) is 0 Å². The molecular formula is C20H30FNO3Si. The summed E-state index contributed by atoms with van der Waals surface area (Å²) >= 11 is 0. The van der Waals surface area contributed by atoms with E-state index >= 15 is 0 Å². The third-order valence-electron chi connectivity index (χ3n) is 5.14. The molecule has 0 bridgehead atoms. The molecule has 6 heteroatoms. The van der Waals surface area contributed by atoms with Gasteiger partial charge in [0.1, 0.15) is 11.5 Å². The molecule has 0 radical (unpaired) electrons. The van der Waals surface area contributed by atoms with Gasteiger partial charge in [-0.25, -0.2) is 9.18 Å². The molecule has 0 N–H and O–H groups in total. The van der Waals surface area contributed by atoms with Crippen molar-refractivity contribution in [2.24, 2.45) is 0 Å². The molecule has 0 spiro atoms. The highest BCUT2D eigenvalue weighted by atomic mass is 28.4. The Morgan fingerprint density at radius 2 is 1.92 bits per heavy atom. The van der Waals surface area contributed by atoms with Gasteiger partial charge in [0.25, 0.3) is 0 Å². The van der Waals surface area contributed by atoms with Crippen molar-refractivity contribution in [1.82, 2.24) is 4.57 Å². The molecule has 0 saturated carbocycles. The maximum Gasteiger partial charge on any atom is 0.354 e. The molecule has 1 heterocycles. The number of aryl methyl sites for hydroxylation is 1. The van der Waals surface area contributed by atoms with Gasteiger partial charge in [-0.1, -0.05) is 20.8 Å². The number of carbonyl (C=O) groups is 1. The SMILES string of the molecule is CCOC(=O)c1cc2cc(F)ccc2n1CCCO[Si](C)(C)C(C)(C)C. The number of esters is 1. The number of fused-ring (bicyclic) bond motifs is 1. The zero-order valence-electron chi connectivity index (χ0n) is 16.7.